The Bertz CT molecular complexity index is 561. The van der Waals surface area contributed by atoms with Crippen LogP contribution in [0.2, 0.25) is 10.0 Å². The quantitative estimate of drug-likeness (QED) is 0.935. The summed E-state index contributed by atoms with van der Waals surface area (Å²) in [6, 6.07) is 9.98. The summed E-state index contributed by atoms with van der Waals surface area (Å²) in [5.74, 6) is 0. The number of H-pyrrole nitrogens is 1. The van der Waals surface area contributed by atoms with Gasteiger partial charge in [0.15, 0.2) is 0 Å². The molecule has 1 aliphatic rings. The molecule has 0 bridgehead atoms. The van der Waals surface area contributed by atoms with Crippen molar-refractivity contribution < 1.29 is 0 Å². The molecule has 1 aromatic heterocycles. The average molecular weight is 310 g/mol. The van der Waals surface area contributed by atoms with E-state index in [1.165, 1.54) is 5.69 Å². The van der Waals surface area contributed by atoms with E-state index in [-0.39, 0.29) is 0 Å². The van der Waals surface area contributed by atoms with E-state index in [0.717, 1.165) is 38.4 Å². The van der Waals surface area contributed by atoms with E-state index in [1.807, 2.05) is 30.5 Å². The number of hydrogen-bond acceptors (Lipinski definition) is 2. The maximum Gasteiger partial charge on any atom is 0.0825 e. The van der Waals surface area contributed by atoms with Gasteiger partial charge in [-0.1, -0.05) is 29.3 Å². The fourth-order valence-corrected chi connectivity index (χ4v) is 3.01. The predicted molar refractivity (Wildman–Crippen MR) is 84.7 cm³/mol. The van der Waals surface area contributed by atoms with Gasteiger partial charge in [0.2, 0.25) is 0 Å². The molecule has 0 radical (unpaired) electrons. The van der Waals surface area contributed by atoms with Crippen molar-refractivity contribution in [2.24, 2.45) is 0 Å². The highest BCUT2D eigenvalue weighted by atomic mass is 35.5. The molecule has 20 heavy (non-hydrogen) atoms. The van der Waals surface area contributed by atoms with Crippen molar-refractivity contribution in [2.75, 3.05) is 31.1 Å². The number of aromatic nitrogens is 1. The Morgan fingerprint density at radius 2 is 1.80 bits per heavy atom. The van der Waals surface area contributed by atoms with E-state index in [1.54, 1.807) is 0 Å². The SMILES string of the molecule is Clc1cccc(N2CCN(Cc3ccc[nH]3)CC2)c1Cl. The van der Waals surface area contributed by atoms with Crippen molar-refractivity contribution in [3.05, 3.63) is 52.3 Å². The number of benzene rings is 1. The highest BCUT2D eigenvalue weighted by Crippen LogP contribution is 2.32. The summed E-state index contributed by atoms with van der Waals surface area (Å²) in [6.45, 7) is 4.98. The van der Waals surface area contributed by atoms with Crippen molar-refractivity contribution >= 4 is 28.9 Å². The van der Waals surface area contributed by atoms with E-state index >= 15 is 0 Å². The topological polar surface area (TPSA) is 22.3 Å². The third-order valence-corrected chi connectivity index (χ3v) is 4.51. The minimum Gasteiger partial charge on any atom is -0.368 e. The van der Waals surface area contributed by atoms with Gasteiger partial charge in [-0.05, 0) is 24.3 Å². The number of aromatic amines is 1. The summed E-state index contributed by atoms with van der Waals surface area (Å²) in [7, 11) is 0. The van der Waals surface area contributed by atoms with Gasteiger partial charge >= 0.3 is 0 Å². The van der Waals surface area contributed by atoms with Crippen molar-refractivity contribution in [3.63, 3.8) is 0 Å². The zero-order valence-electron chi connectivity index (χ0n) is 11.1. The van der Waals surface area contributed by atoms with Gasteiger partial charge in [-0.25, -0.2) is 0 Å². The lowest BCUT2D eigenvalue weighted by Crippen LogP contribution is -2.46. The van der Waals surface area contributed by atoms with Gasteiger partial charge in [-0.15, -0.1) is 0 Å². The molecule has 3 nitrogen and oxygen atoms in total. The first-order valence-corrected chi connectivity index (χ1v) is 7.53. The number of rotatable bonds is 3. The van der Waals surface area contributed by atoms with Gasteiger partial charge in [0, 0.05) is 44.6 Å². The number of nitrogens with one attached hydrogen (secondary N) is 1. The Labute approximate surface area is 129 Å². The molecule has 1 N–H and O–H groups in total. The zero-order valence-corrected chi connectivity index (χ0v) is 12.7. The highest BCUT2D eigenvalue weighted by Gasteiger charge is 2.19. The summed E-state index contributed by atoms with van der Waals surface area (Å²) in [6.07, 6.45) is 1.97. The van der Waals surface area contributed by atoms with Gasteiger partial charge in [0.25, 0.3) is 0 Å². The lowest BCUT2D eigenvalue weighted by molar-refractivity contribution is 0.247. The van der Waals surface area contributed by atoms with Crippen LogP contribution in [0, 0.1) is 0 Å². The lowest BCUT2D eigenvalue weighted by atomic mass is 10.2. The van der Waals surface area contributed by atoms with Gasteiger partial charge in [-0.2, -0.15) is 0 Å². The van der Waals surface area contributed by atoms with E-state index in [2.05, 4.69) is 20.9 Å². The molecule has 0 saturated carbocycles. The number of nitrogens with zero attached hydrogens (tertiary/aromatic N) is 2. The van der Waals surface area contributed by atoms with Crippen LogP contribution in [0.25, 0.3) is 0 Å². The smallest absolute Gasteiger partial charge is 0.0825 e. The molecule has 1 aromatic carbocycles. The minimum atomic E-state index is 0.623. The van der Waals surface area contributed by atoms with Crippen LogP contribution in [0.3, 0.4) is 0 Å². The van der Waals surface area contributed by atoms with Gasteiger partial charge in [0.05, 0.1) is 15.7 Å². The molecule has 106 valence electrons. The summed E-state index contributed by atoms with van der Waals surface area (Å²) in [5, 5.41) is 1.28. The molecule has 2 heterocycles. The van der Waals surface area contributed by atoms with Gasteiger partial charge in [0.1, 0.15) is 0 Å². The second-order valence-electron chi connectivity index (χ2n) is 5.03. The third kappa shape index (κ3) is 2.95. The Morgan fingerprint density at radius 3 is 2.50 bits per heavy atom. The molecule has 0 aliphatic carbocycles. The lowest BCUT2D eigenvalue weighted by Gasteiger charge is -2.36. The molecule has 3 rings (SSSR count). The van der Waals surface area contributed by atoms with Crippen molar-refractivity contribution in [1.82, 2.24) is 9.88 Å². The molecule has 0 spiro atoms. The first kappa shape index (κ1) is 13.8. The molecule has 1 fully saturated rings. The number of piperazine rings is 1. The van der Waals surface area contributed by atoms with Crippen molar-refractivity contribution in [3.8, 4) is 0 Å². The Hall–Kier alpha value is -1.16. The van der Waals surface area contributed by atoms with Crippen LogP contribution >= 0.6 is 23.2 Å². The fourth-order valence-electron chi connectivity index (χ4n) is 2.59. The molecular formula is C15H17Cl2N3. The number of halogens is 2. The second-order valence-corrected chi connectivity index (χ2v) is 5.82. The molecular weight excluding hydrogens is 293 g/mol. The van der Waals surface area contributed by atoms with Crippen molar-refractivity contribution in [2.45, 2.75) is 6.54 Å². The molecule has 2 aromatic rings. The predicted octanol–water partition coefficient (Wildman–Crippen LogP) is 3.64. The molecule has 0 atom stereocenters. The first-order valence-electron chi connectivity index (χ1n) is 6.77. The normalized spacial score (nSPS) is 16.6. The first-order chi connectivity index (χ1) is 9.74. The molecule has 5 heteroatoms. The van der Waals surface area contributed by atoms with Crippen LogP contribution in [0.15, 0.2) is 36.5 Å². The minimum absolute atomic E-state index is 0.623. The Kier molecular flexibility index (Phi) is 4.20. The molecule has 0 amide bonds. The summed E-state index contributed by atoms with van der Waals surface area (Å²) < 4.78 is 0. The molecule has 1 saturated heterocycles. The summed E-state index contributed by atoms with van der Waals surface area (Å²) in [5.41, 5.74) is 2.30. The number of anilines is 1. The maximum absolute atomic E-state index is 6.29. The molecule has 1 aliphatic heterocycles. The van der Waals surface area contributed by atoms with Crippen LogP contribution in [-0.4, -0.2) is 36.1 Å². The maximum atomic E-state index is 6.29. The Morgan fingerprint density at radius 1 is 1.00 bits per heavy atom. The fraction of sp³-hybridized carbons (Fsp3) is 0.333. The highest BCUT2D eigenvalue weighted by molar-refractivity contribution is 6.43. The van der Waals surface area contributed by atoms with Crippen LogP contribution in [0.5, 0.6) is 0 Å². The summed E-state index contributed by atoms with van der Waals surface area (Å²) in [4.78, 5) is 8.00. The zero-order chi connectivity index (χ0) is 13.9. The average Bonchev–Trinajstić information content (AvgIpc) is 2.96. The van der Waals surface area contributed by atoms with E-state index < -0.39 is 0 Å². The van der Waals surface area contributed by atoms with Crippen LogP contribution in [0.4, 0.5) is 5.69 Å². The number of hydrogen-bond donors (Lipinski definition) is 1. The largest absolute Gasteiger partial charge is 0.368 e. The second kappa shape index (κ2) is 6.08. The van der Waals surface area contributed by atoms with E-state index in [4.69, 9.17) is 23.2 Å². The Balaban J connectivity index is 1.62. The molecule has 0 unspecified atom stereocenters. The van der Waals surface area contributed by atoms with Crippen molar-refractivity contribution in [1.29, 1.82) is 0 Å². The van der Waals surface area contributed by atoms with E-state index in [9.17, 15) is 0 Å². The third-order valence-electron chi connectivity index (χ3n) is 3.70. The summed E-state index contributed by atoms with van der Waals surface area (Å²) >= 11 is 12.4. The standard InChI is InChI=1S/C15H17Cl2N3/c16-13-4-1-5-14(15(13)17)20-9-7-19(8-10-20)11-12-3-2-6-18-12/h1-6,18H,7-11H2. The monoisotopic (exact) mass is 309 g/mol. The van der Waals surface area contributed by atoms with Crippen LogP contribution < -0.4 is 4.90 Å². The van der Waals surface area contributed by atoms with Crippen LogP contribution in [-0.2, 0) is 6.54 Å². The van der Waals surface area contributed by atoms with E-state index in [0.29, 0.717) is 10.0 Å². The van der Waals surface area contributed by atoms with Crippen LogP contribution in [0.1, 0.15) is 5.69 Å². The van der Waals surface area contributed by atoms with Gasteiger partial charge in [-0.3, -0.25) is 4.90 Å². The van der Waals surface area contributed by atoms with Gasteiger partial charge < -0.3 is 9.88 Å².